The summed E-state index contributed by atoms with van der Waals surface area (Å²) < 4.78 is 0. The van der Waals surface area contributed by atoms with E-state index in [2.05, 4.69) is 10.6 Å². The summed E-state index contributed by atoms with van der Waals surface area (Å²) in [5.41, 5.74) is 0.945. The van der Waals surface area contributed by atoms with E-state index >= 15 is 0 Å². The number of nitrogens with one attached hydrogen (secondary N) is 2. The van der Waals surface area contributed by atoms with Crippen molar-refractivity contribution in [3.05, 3.63) is 69.2 Å². The Morgan fingerprint density at radius 3 is 2.39 bits per heavy atom. The van der Waals surface area contributed by atoms with E-state index in [1.807, 2.05) is 0 Å². The van der Waals surface area contributed by atoms with E-state index in [4.69, 9.17) is 11.6 Å². The number of hydrogen-bond donors (Lipinski definition) is 2. The van der Waals surface area contributed by atoms with E-state index in [9.17, 15) is 19.7 Å². The SMILES string of the molecule is O=C(NCc1cccc(Cl)c1)C(=O)Nc1ccc([N+](=O)[O-])cc1. The molecule has 0 atom stereocenters. The minimum Gasteiger partial charge on any atom is -0.344 e. The number of hydrogen-bond acceptors (Lipinski definition) is 4. The van der Waals surface area contributed by atoms with Crippen LogP contribution in [0.1, 0.15) is 5.56 Å². The van der Waals surface area contributed by atoms with Crippen LogP contribution in [0.4, 0.5) is 11.4 Å². The molecule has 2 amide bonds. The number of carbonyl (C=O) groups excluding carboxylic acids is 2. The van der Waals surface area contributed by atoms with Gasteiger partial charge in [0.2, 0.25) is 0 Å². The average Bonchev–Trinajstić information content (AvgIpc) is 2.53. The molecule has 0 radical (unpaired) electrons. The lowest BCUT2D eigenvalue weighted by Crippen LogP contribution is -2.34. The number of amides is 2. The van der Waals surface area contributed by atoms with Crippen LogP contribution in [0.5, 0.6) is 0 Å². The van der Waals surface area contributed by atoms with Crippen LogP contribution in [0.15, 0.2) is 48.5 Å². The van der Waals surface area contributed by atoms with Crippen LogP contribution >= 0.6 is 11.6 Å². The Kier molecular flexibility index (Phi) is 5.27. The summed E-state index contributed by atoms with van der Waals surface area (Å²) in [6.45, 7) is 0.160. The van der Waals surface area contributed by atoms with Crippen LogP contribution in [0, 0.1) is 10.1 Å². The van der Waals surface area contributed by atoms with Gasteiger partial charge < -0.3 is 10.6 Å². The van der Waals surface area contributed by atoms with Gasteiger partial charge in [0.05, 0.1) is 4.92 Å². The molecule has 2 rings (SSSR count). The molecule has 0 aliphatic carbocycles. The predicted octanol–water partition coefficient (Wildman–Crippen LogP) is 2.50. The zero-order valence-corrected chi connectivity index (χ0v) is 12.5. The highest BCUT2D eigenvalue weighted by atomic mass is 35.5. The third-order valence-corrected chi connectivity index (χ3v) is 3.12. The summed E-state index contributed by atoms with van der Waals surface area (Å²) >= 11 is 5.83. The Bertz CT molecular complexity index is 747. The van der Waals surface area contributed by atoms with Gasteiger partial charge in [0.25, 0.3) is 5.69 Å². The van der Waals surface area contributed by atoms with Crippen LogP contribution < -0.4 is 10.6 Å². The number of nitrogens with zero attached hydrogens (tertiary/aromatic N) is 1. The number of nitro benzene ring substituents is 1. The molecule has 2 aromatic carbocycles. The van der Waals surface area contributed by atoms with E-state index in [1.165, 1.54) is 24.3 Å². The Morgan fingerprint density at radius 2 is 1.78 bits per heavy atom. The number of nitro groups is 1. The quantitative estimate of drug-likeness (QED) is 0.510. The van der Waals surface area contributed by atoms with E-state index in [0.29, 0.717) is 10.7 Å². The molecule has 0 unspecified atom stereocenters. The first-order chi connectivity index (χ1) is 11.0. The normalized spacial score (nSPS) is 9.96. The van der Waals surface area contributed by atoms with Crippen molar-refractivity contribution in [3.63, 3.8) is 0 Å². The molecule has 2 N–H and O–H groups in total. The molecule has 0 aromatic heterocycles. The van der Waals surface area contributed by atoms with Gasteiger partial charge in [0.15, 0.2) is 0 Å². The molecule has 0 fully saturated rings. The Labute approximate surface area is 136 Å². The van der Waals surface area contributed by atoms with Gasteiger partial charge in [-0.2, -0.15) is 0 Å². The van der Waals surface area contributed by atoms with Crippen molar-refractivity contribution in [2.24, 2.45) is 0 Å². The van der Waals surface area contributed by atoms with Crippen molar-refractivity contribution < 1.29 is 14.5 Å². The predicted molar refractivity (Wildman–Crippen MR) is 85.0 cm³/mol. The lowest BCUT2D eigenvalue weighted by molar-refractivity contribution is -0.384. The Balaban J connectivity index is 1.89. The highest BCUT2D eigenvalue weighted by Gasteiger charge is 2.14. The van der Waals surface area contributed by atoms with Crippen molar-refractivity contribution in [3.8, 4) is 0 Å². The third kappa shape index (κ3) is 4.79. The van der Waals surface area contributed by atoms with Gasteiger partial charge in [-0.1, -0.05) is 23.7 Å². The van der Waals surface area contributed by atoms with E-state index < -0.39 is 16.7 Å². The monoisotopic (exact) mass is 333 g/mol. The minimum atomic E-state index is -0.860. The summed E-state index contributed by atoms with van der Waals surface area (Å²) in [5.74, 6) is -1.68. The summed E-state index contributed by atoms with van der Waals surface area (Å²) in [7, 11) is 0. The Morgan fingerprint density at radius 1 is 1.09 bits per heavy atom. The van der Waals surface area contributed by atoms with Crippen LogP contribution in [-0.2, 0) is 16.1 Å². The van der Waals surface area contributed by atoms with Crippen LogP contribution in [0.25, 0.3) is 0 Å². The van der Waals surface area contributed by atoms with Crippen LogP contribution in [-0.4, -0.2) is 16.7 Å². The maximum atomic E-state index is 11.7. The molecule has 0 aliphatic rings. The fourth-order valence-corrected chi connectivity index (χ4v) is 1.98. The lowest BCUT2D eigenvalue weighted by Gasteiger charge is -2.07. The van der Waals surface area contributed by atoms with Crippen molar-refractivity contribution in [2.75, 3.05) is 5.32 Å². The van der Waals surface area contributed by atoms with E-state index in [-0.39, 0.29) is 12.2 Å². The smallest absolute Gasteiger partial charge is 0.313 e. The first-order valence-electron chi connectivity index (χ1n) is 6.54. The number of rotatable bonds is 4. The van der Waals surface area contributed by atoms with Crippen LogP contribution in [0.3, 0.4) is 0 Å². The van der Waals surface area contributed by atoms with Gasteiger partial charge >= 0.3 is 11.8 Å². The molecule has 0 saturated heterocycles. The molecule has 118 valence electrons. The highest BCUT2D eigenvalue weighted by molar-refractivity contribution is 6.39. The highest BCUT2D eigenvalue weighted by Crippen LogP contribution is 2.15. The van der Waals surface area contributed by atoms with Gasteiger partial charge in [0, 0.05) is 29.4 Å². The largest absolute Gasteiger partial charge is 0.344 e. The second-order valence-corrected chi connectivity index (χ2v) is 5.01. The van der Waals surface area contributed by atoms with Gasteiger partial charge in [-0.3, -0.25) is 19.7 Å². The van der Waals surface area contributed by atoms with E-state index in [1.54, 1.807) is 24.3 Å². The molecule has 2 aromatic rings. The zero-order valence-electron chi connectivity index (χ0n) is 11.8. The number of carbonyl (C=O) groups is 2. The lowest BCUT2D eigenvalue weighted by atomic mass is 10.2. The van der Waals surface area contributed by atoms with E-state index in [0.717, 1.165) is 5.56 Å². The van der Waals surface area contributed by atoms with Gasteiger partial charge in [0.1, 0.15) is 0 Å². The molecule has 8 heteroatoms. The number of benzene rings is 2. The summed E-state index contributed by atoms with van der Waals surface area (Å²) in [5, 5.41) is 15.9. The first kappa shape index (κ1) is 16.4. The second-order valence-electron chi connectivity index (χ2n) is 4.57. The number of anilines is 1. The minimum absolute atomic E-state index is 0.103. The number of halogens is 1. The molecule has 0 heterocycles. The maximum Gasteiger partial charge on any atom is 0.313 e. The van der Waals surface area contributed by atoms with Crippen molar-refractivity contribution in [2.45, 2.75) is 6.54 Å². The summed E-state index contributed by atoms with van der Waals surface area (Å²) in [6.07, 6.45) is 0. The van der Waals surface area contributed by atoms with Gasteiger partial charge in [-0.25, -0.2) is 0 Å². The maximum absolute atomic E-state index is 11.7. The van der Waals surface area contributed by atoms with Gasteiger partial charge in [-0.05, 0) is 29.8 Å². The number of non-ortho nitro benzene ring substituents is 1. The Hall–Kier alpha value is -2.93. The molecule has 7 nitrogen and oxygen atoms in total. The van der Waals surface area contributed by atoms with Crippen molar-refractivity contribution >= 4 is 34.8 Å². The summed E-state index contributed by atoms with van der Waals surface area (Å²) in [4.78, 5) is 33.4. The van der Waals surface area contributed by atoms with Crippen LogP contribution in [0.2, 0.25) is 5.02 Å². The molecule has 0 spiro atoms. The second kappa shape index (κ2) is 7.37. The summed E-state index contributed by atoms with van der Waals surface area (Å²) in [6, 6.07) is 12.0. The molecular weight excluding hydrogens is 322 g/mol. The molecular formula is C15H12ClN3O4. The van der Waals surface area contributed by atoms with Gasteiger partial charge in [-0.15, -0.1) is 0 Å². The standard InChI is InChI=1S/C15H12ClN3O4/c16-11-3-1-2-10(8-11)9-17-14(20)15(21)18-12-4-6-13(7-5-12)19(22)23/h1-8H,9H2,(H,17,20)(H,18,21). The fourth-order valence-electron chi connectivity index (χ4n) is 1.76. The third-order valence-electron chi connectivity index (χ3n) is 2.88. The first-order valence-corrected chi connectivity index (χ1v) is 6.91. The molecule has 0 aliphatic heterocycles. The topological polar surface area (TPSA) is 101 Å². The van der Waals surface area contributed by atoms with Crippen molar-refractivity contribution in [1.29, 1.82) is 0 Å². The molecule has 23 heavy (non-hydrogen) atoms. The average molecular weight is 334 g/mol. The van der Waals surface area contributed by atoms with Crippen molar-refractivity contribution in [1.82, 2.24) is 5.32 Å². The molecule has 0 bridgehead atoms. The molecule has 0 saturated carbocycles. The zero-order chi connectivity index (χ0) is 16.8. The fraction of sp³-hybridized carbons (Fsp3) is 0.0667.